The number of para-hydroxylation sites is 1. The van der Waals surface area contributed by atoms with E-state index in [9.17, 15) is 4.39 Å². The molecule has 4 heteroatoms. The van der Waals surface area contributed by atoms with Gasteiger partial charge in [-0.05, 0) is 39.8 Å². The minimum absolute atomic E-state index is 0.180. The standard InChI is InChI=1S/C13H16ClFN2/c1-8(14)12-16-11-9(15)6-5-7-10(11)17(12)13(2,3)4/h5-8H,1-4H3. The highest BCUT2D eigenvalue weighted by molar-refractivity contribution is 6.20. The first kappa shape index (κ1) is 12.4. The van der Waals surface area contributed by atoms with Crippen LogP contribution >= 0.6 is 11.6 Å². The summed E-state index contributed by atoms with van der Waals surface area (Å²) in [5, 5.41) is -0.249. The summed E-state index contributed by atoms with van der Waals surface area (Å²) in [5.41, 5.74) is 1.01. The van der Waals surface area contributed by atoms with Gasteiger partial charge in [-0.3, -0.25) is 0 Å². The monoisotopic (exact) mass is 254 g/mol. The molecule has 0 aliphatic carbocycles. The van der Waals surface area contributed by atoms with Crippen LogP contribution in [0.1, 0.15) is 38.9 Å². The molecular formula is C13H16ClFN2. The molecule has 0 aliphatic rings. The highest BCUT2D eigenvalue weighted by Crippen LogP contribution is 2.31. The van der Waals surface area contributed by atoms with Gasteiger partial charge in [-0.2, -0.15) is 0 Å². The summed E-state index contributed by atoms with van der Waals surface area (Å²) in [4.78, 5) is 4.33. The van der Waals surface area contributed by atoms with Crippen LogP contribution in [0.5, 0.6) is 0 Å². The lowest BCUT2D eigenvalue weighted by molar-refractivity contribution is 0.394. The Bertz CT molecular complexity index is 552. The van der Waals surface area contributed by atoms with Crippen LogP contribution in [0.15, 0.2) is 18.2 Å². The van der Waals surface area contributed by atoms with Crippen molar-refractivity contribution in [1.82, 2.24) is 9.55 Å². The second-order valence-corrected chi connectivity index (χ2v) is 5.85. The van der Waals surface area contributed by atoms with E-state index < -0.39 is 0 Å². The Hall–Kier alpha value is -1.09. The molecule has 1 aromatic carbocycles. The van der Waals surface area contributed by atoms with Gasteiger partial charge in [0, 0.05) is 5.54 Å². The number of nitrogens with zero attached hydrogens (tertiary/aromatic N) is 2. The van der Waals surface area contributed by atoms with E-state index in [1.807, 2.05) is 17.6 Å². The predicted octanol–water partition coefficient (Wildman–Crippen LogP) is 4.23. The molecule has 1 unspecified atom stereocenters. The number of alkyl halides is 1. The zero-order valence-electron chi connectivity index (χ0n) is 10.5. The van der Waals surface area contributed by atoms with Gasteiger partial charge in [0.25, 0.3) is 0 Å². The lowest BCUT2D eigenvalue weighted by Crippen LogP contribution is -2.24. The van der Waals surface area contributed by atoms with Crippen molar-refractivity contribution in [2.24, 2.45) is 0 Å². The summed E-state index contributed by atoms with van der Waals surface area (Å²) in [6.07, 6.45) is 0. The number of hydrogen-bond acceptors (Lipinski definition) is 1. The first-order valence-electron chi connectivity index (χ1n) is 5.64. The molecule has 0 radical (unpaired) electrons. The van der Waals surface area contributed by atoms with Gasteiger partial charge in [0.15, 0.2) is 5.82 Å². The maximum absolute atomic E-state index is 13.7. The Labute approximate surface area is 105 Å². The van der Waals surface area contributed by atoms with Gasteiger partial charge in [0.1, 0.15) is 11.3 Å². The Morgan fingerprint density at radius 3 is 2.53 bits per heavy atom. The molecule has 1 aromatic heterocycles. The van der Waals surface area contributed by atoms with Gasteiger partial charge >= 0.3 is 0 Å². The maximum Gasteiger partial charge on any atom is 0.151 e. The molecule has 0 saturated carbocycles. The number of benzene rings is 1. The summed E-state index contributed by atoms with van der Waals surface area (Å²) in [5.74, 6) is 0.406. The number of aromatic nitrogens is 2. The van der Waals surface area contributed by atoms with Gasteiger partial charge in [-0.25, -0.2) is 9.37 Å². The third-order valence-corrected chi connectivity index (χ3v) is 2.88. The van der Waals surface area contributed by atoms with Crippen molar-refractivity contribution in [1.29, 1.82) is 0 Å². The summed E-state index contributed by atoms with van der Waals surface area (Å²) in [6.45, 7) is 8.02. The lowest BCUT2D eigenvalue weighted by atomic mass is 10.1. The van der Waals surface area contributed by atoms with E-state index in [0.717, 1.165) is 5.52 Å². The fourth-order valence-electron chi connectivity index (χ4n) is 2.05. The number of rotatable bonds is 1. The molecule has 2 rings (SSSR count). The molecular weight excluding hydrogens is 239 g/mol. The Morgan fingerprint density at radius 1 is 1.35 bits per heavy atom. The molecule has 0 amide bonds. The molecule has 1 atom stereocenters. The van der Waals surface area contributed by atoms with Crippen LogP contribution < -0.4 is 0 Å². The van der Waals surface area contributed by atoms with E-state index in [2.05, 4.69) is 25.8 Å². The van der Waals surface area contributed by atoms with Crippen LogP contribution in [0, 0.1) is 5.82 Å². The van der Waals surface area contributed by atoms with Crippen molar-refractivity contribution in [2.45, 2.75) is 38.6 Å². The molecule has 1 heterocycles. The smallest absolute Gasteiger partial charge is 0.151 e. The van der Waals surface area contributed by atoms with Crippen molar-refractivity contribution in [2.75, 3.05) is 0 Å². The highest BCUT2D eigenvalue weighted by atomic mass is 35.5. The van der Waals surface area contributed by atoms with E-state index >= 15 is 0 Å². The van der Waals surface area contributed by atoms with Gasteiger partial charge in [-0.1, -0.05) is 6.07 Å². The SMILES string of the molecule is CC(Cl)c1nc2c(F)cccc2n1C(C)(C)C. The molecule has 0 saturated heterocycles. The first-order valence-corrected chi connectivity index (χ1v) is 6.07. The summed E-state index contributed by atoms with van der Waals surface area (Å²) < 4.78 is 15.7. The van der Waals surface area contributed by atoms with Gasteiger partial charge in [-0.15, -0.1) is 11.6 Å². The van der Waals surface area contributed by atoms with Gasteiger partial charge in [0.2, 0.25) is 0 Å². The molecule has 2 nitrogen and oxygen atoms in total. The zero-order chi connectivity index (χ0) is 12.8. The molecule has 2 aromatic rings. The minimum atomic E-state index is -0.302. The van der Waals surface area contributed by atoms with Crippen LogP contribution in [0.25, 0.3) is 11.0 Å². The summed E-state index contributed by atoms with van der Waals surface area (Å²) in [6, 6.07) is 4.99. The summed E-state index contributed by atoms with van der Waals surface area (Å²) >= 11 is 6.13. The normalized spacial score (nSPS) is 14.2. The first-order chi connectivity index (χ1) is 7.82. The number of fused-ring (bicyclic) bond motifs is 1. The fraction of sp³-hybridized carbons (Fsp3) is 0.462. The quantitative estimate of drug-likeness (QED) is 0.697. The van der Waals surface area contributed by atoms with E-state index in [0.29, 0.717) is 11.3 Å². The number of imidazole rings is 1. The Balaban J connectivity index is 2.86. The van der Waals surface area contributed by atoms with Crippen molar-refractivity contribution >= 4 is 22.6 Å². The fourth-order valence-corrected chi connectivity index (χ4v) is 2.20. The molecule has 0 N–H and O–H groups in total. The minimum Gasteiger partial charge on any atom is -0.321 e. The lowest BCUT2D eigenvalue weighted by Gasteiger charge is -2.25. The van der Waals surface area contributed by atoms with Crippen LogP contribution in [-0.2, 0) is 5.54 Å². The molecule has 0 fully saturated rings. The molecule has 0 spiro atoms. The van der Waals surface area contributed by atoms with Crippen molar-refractivity contribution in [3.63, 3.8) is 0 Å². The van der Waals surface area contributed by atoms with E-state index in [1.54, 1.807) is 6.07 Å². The Kier molecular flexibility index (Phi) is 2.90. The second kappa shape index (κ2) is 3.98. The average Bonchev–Trinajstić information content (AvgIpc) is 2.57. The van der Waals surface area contributed by atoms with Crippen LogP contribution in [-0.4, -0.2) is 9.55 Å². The van der Waals surface area contributed by atoms with Gasteiger partial charge < -0.3 is 4.57 Å². The van der Waals surface area contributed by atoms with Crippen molar-refractivity contribution in [3.05, 3.63) is 29.8 Å². The van der Waals surface area contributed by atoms with Gasteiger partial charge in [0.05, 0.1) is 10.9 Å². The van der Waals surface area contributed by atoms with E-state index in [4.69, 9.17) is 11.6 Å². The molecule has 0 aliphatic heterocycles. The van der Waals surface area contributed by atoms with Crippen LogP contribution in [0.4, 0.5) is 4.39 Å². The third-order valence-electron chi connectivity index (χ3n) is 2.69. The van der Waals surface area contributed by atoms with Crippen LogP contribution in [0.3, 0.4) is 0 Å². The second-order valence-electron chi connectivity index (χ2n) is 5.20. The summed E-state index contributed by atoms with van der Waals surface area (Å²) in [7, 11) is 0. The van der Waals surface area contributed by atoms with Crippen molar-refractivity contribution < 1.29 is 4.39 Å². The number of hydrogen-bond donors (Lipinski definition) is 0. The van der Waals surface area contributed by atoms with Crippen LogP contribution in [0.2, 0.25) is 0 Å². The average molecular weight is 255 g/mol. The molecule has 0 bridgehead atoms. The van der Waals surface area contributed by atoms with E-state index in [-0.39, 0.29) is 16.7 Å². The zero-order valence-corrected chi connectivity index (χ0v) is 11.2. The maximum atomic E-state index is 13.7. The third kappa shape index (κ3) is 2.04. The Morgan fingerprint density at radius 2 is 2.00 bits per heavy atom. The largest absolute Gasteiger partial charge is 0.321 e. The van der Waals surface area contributed by atoms with E-state index in [1.165, 1.54) is 6.07 Å². The number of halogens is 2. The van der Waals surface area contributed by atoms with Crippen molar-refractivity contribution in [3.8, 4) is 0 Å². The predicted molar refractivity (Wildman–Crippen MR) is 69.0 cm³/mol. The molecule has 17 heavy (non-hydrogen) atoms. The topological polar surface area (TPSA) is 17.8 Å². The molecule has 92 valence electrons. The highest BCUT2D eigenvalue weighted by Gasteiger charge is 2.24.